The van der Waals surface area contributed by atoms with E-state index in [9.17, 15) is 4.79 Å². The van der Waals surface area contributed by atoms with Gasteiger partial charge >= 0.3 is 5.97 Å². The van der Waals surface area contributed by atoms with Gasteiger partial charge in [0.1, 0.15) is 6.61 Å². The highest BCUT2D eigenvalue weighted by molar-refractivity contribution is 6.70. The number of rotatable bonds is 6. The van der Waals surface area contributed by atoms with Crippen LogP contribution in [0.4, 0.5) is 0 Å². The van der Waals surface area contributed by atoms with E-state index in [2.05, 4.69) is 6.58 Å². The zero-order valence-corrected chi connectivity index (χ0v) is 12.3. The van der Waals surface area contributed by atoms with Crippen molar-refractivity contribution in [3.63, 3.8) is 0 Å². The molecular formula is C9H20O4Si2. The summed E-state index contributed by atoms with van der Waals surface area (Å²) >= 11 is 0. The van der Waals surface area contributed by atoms with Crippen LogP contribution in [0.25, 0.3) is 0 Å². The third-order valence-electron chi connectivity index (χ3n) is 1.47. The molecule has 0 aromatic carbocycles. The topological polar surface area (TPSA) is 55.8 Å². The Morgan fingerprint density at radius 1 is 1.53 bits per heavy atom. The van der Waals surface area contributed by atoms with Crippen molar-refractivity contribution in [2.24, 2.45) is 0 Å². The van der Waals surface area contributed by atoms with Gasteiger partial charge in [0.25, 0.3) is 0 Å². The number of carbonyl (C=O) groups excluding carboxylic acids is 1. The van der Waals surface area contributed by atoms with Crippen LogP contribution in [0.3, 0.4) is 0 Å². The molecule has 0 aliphatic heterocycles. The number of hydrogen-bond acceptors (Lipinski definition) is 4. The van der Waals surface area contributed by atoms with Crippen molar-refractivity contribution < 1.29 is 18.8 Å². The first-order valence-electron chi connectivity index (χ1n) is 4.87. The lowest BCUT2D eigenvalue weighted by Gasteiger charge is -2.24. The first-order valence-corrected chi connectivity index (χ1v) is 9.73. The molecule has 0 aromatic heterocycles. The molecule has 4 nitrogen and oxygen atoms in total. The second-order valence-corrected chi connectivity index (χ2v) is 10.1. The van der Waals surface area contributed by atoms with Crippen LogP contribution in [-0.2, 0) is 14.0 Å². The van der Waals surface area contributed by atoms with Gasteiger partial charge in [-0.25, -0.2) is 4.79 Å². The van der Waals surface area contributed by atoms with Crippen molar-refractivity contribution in [3.8, 4) is 0 Å². The maximum absolute atomic E-state index is 11.1. The lowest BCUT2D eigenvalue weighted by atomic mass is 10.4. The Balaban J connectivity index is 4.01. The molecular weight excluding hydrogens is 228 g/mol. The summed E-state index contributed by atoms with van der Waals surface area (Å²) in [6, 6.07) is 0. The maximum Gasteiger partial charge on any atom is 0.333 e. The molecule has 0 spiro atoms. The molecule has 0 rings (SSSR count). The monoisotopic (exact) mass is 248 g/mol. The fourth-order valence-electron chi connectivity index (χ4n) is 0.916. The largest absolute Gasteiger partial charge is 0.460 e. The van der Waals surface area contributed by atoms with Gasteiger partial charge < -0.3 is 14.0 Å². The van der Waals surface area contributed by atoms with Crippen LogP contribution in [0.1, 0.15) is 6.92 Å². The Morgan fingerprint density at radius 2 is 2.07 bits per heavy atom. The molecule has 88 valence electrons. The third-order valence-corrected chi connectivity index (χ3v) is 3.66. The van der Waals surface area contributed by atoms with Gasteiger partial charge in [0.15, 0.2) is 18.1 Å². The van der Waals surface area contributed by atoms with Gasteiger partial charge in [-0.1, -0.05) is 6.58 Å². The molecule has 1 N–H and O–H groups in total. The zero-order valence-electron chi connectivity index (χ0n) is 9.87. The first kappa shape index (κ1) is 14.6. The van der Waals surface area contributed by atoms with E-state index in [0.29, 0.717) is 5.57 Å². The van der Waals surface area contributed by atoms with Crippen molar-refractivity contribution in [2.45, 2.75) is 32.3 Å². The van der Waals surface area contributed by atoms with Crippen LogP contribution in [0.15, 0.2) is 12.2 Å². The Bertz CT molecular complexity index is 235. The molecule has 1 atom stereocenters. The van der Waals surface area contributed by atoms with Crippen molar-refractivity contribution in [3.05, 3.63) is 12.2 Å². The van der Waals surface area contributed by atoms with Crippen molar-refractivity contribution in [2.75, 3.05) is 6.61 Å². The summed E-state index contributed by atoms with van der Waals surface area (Å²) in [7, 11) is -2.99. The highest BCUT2D eigenvalue weighted by atomic mass is 28.4. The smallest absolute Gasteiger partial charge is 0.333 e. The Morgan fingerprint density at radius 3 is 2.40 bits per heavy atom. The van der Waals surface area contributed by atoms with Gasteiger partial charge in [0, 0.05) is 5.57 Å². The lowest BCUT2D eigenvalue weighted by molar-refractivity contribution is -0.140. The van der Waals surface area contributed by atoms with Crippen LogP contribution in [0.2, 0.25) is 19.6 Å². The van der Waals surface area contributed by atoms with Crippen LogP contribution in [-0.4, -0.2) is 41.2 Å². The minimum atomic E-state index is -1.68. The average molecular weight is 248 g/mol. The highest BCUT2D eigenvalue weighted by Crippen LogP contribution is 2.07. The molecule has 1 unspecified atom stereocenters. The van der Waals surface area contributed by atoms with E-state index in [1.54, 1.807) is 6.92 Å². The quantitative estimate of drug-likeness (QED) is 0.419. The molecule has 0 aromatic rings. The Labute approximate surface area is 94.4 Å². The van der Waals surface area contributed by atoms with E-state index in [4.69, 9.17) is 14.0 Å². The number of esters is 1. The SMILES string of the molecule is C=C(C)C(=O)OCC(O[Si](C)(C)C)[SiH2]O. The van der Waals surface area contributed by atoms with Gasteiger partial charge in [-0.15, -0.1) is 0 Å². The van der Waals surface area contributed by atoms with Gasteiger partial charge in [0.05, 0.1) is 5.73 Å². The van der Waals surface area contributed by atoms with E-state index in [0.717, 1.165) is 0 Å². The molecule has 0 aliphatic rings. The minimum absolute atomic E-state index is 0.138. The van der Waals surface area contributed by atoms with Crippen LogP contribution in [0, 0.1) is 0 Å². The van der Waals surface area contributed by atoms with Crippen molar-refractivity contribution in [1.29, 1.82) is 0 Å². The second-order valence-electron chi connectivity index (χ2n) is 4.41. The number of hydrogen-bond donors (Lipinski definition) is 1. The average Bonchev–Trinajstić information content (AvgIpc) is 2.09. The summed E-state index contributed by atoms with van der Waals surface area (Å²) in [5, 5.41) is 0. The number of carbonyl (C=O) groups is 1. The highest BCUT2D eigenvalue weighted by Gasteiger charge is 2.22. The summed E-state index contributed by atoms with van der Waals surface area (Å²) in [5.74, 6) is -0.429. The summed E-state index contributed by atoms with van der Waals surface area (Å²) in [5.41, 5.74) is 0.0707. The van der Waals surface area contributed by atoms with Gasteiger partial charge in [0.2, 0.25) is 0 Å². The van der Waals surface area contributed by atoms with Crippen LogP contribution >= 0.6 is 0 Å². The molecule has 0 radical (unpaired) electrons. The van der Waals surface area contributed by atoms with Gasteiger partial charge in [-0.2, -0.15) is 0 Å². The van der Waals surface area contributed by atoms with E-state index >= 15 is 0 Å². The predicted octanol–water partition coefficient (Wildman–Crippen LogP) is 0.359. The molecule has 15 heavy (non-hydrogen) atoms. The fourth-order valence-corrected chi connectivity index (χ4v) is 4.01. The van der Waals surface area contributed by atoms with Gasteiger partial charge in [-0.05, 0) is 26.6 Å². The first-order chi connectivity index (χ1) is 6.76. The summed E-state index contributed by atoms with van der Waals surface area (Å²) in [6.45, 7) is 11.3. The predicted molar refractivity (Wildman–Crippen MR) is 64.8 cm³/mol. The van der Waals surface area contributed by atoms with Crippen LogP contribution < -0.4 is 0 Å². The molecule has 0 saturated carbocycles. The molecule has 0 heterocycles. The lowest BCUT2D eigenvalue weighted by Crippen LogP contribution is -2.38. The van der Waals surface area contributed by atoms with E-state index in [-0.39, 0.29) is 12.3 Å². The molecule has 0 aliphatic carbocycles. The molecule has 0 amide bonds. The van der Waals surface area contributed by atoms with E-state index in [1.165, 1.54) is 0 Å². The number of ether oxygens (including phenoxy) is 1. The van der Waals surface area contributed by atoms with Crippen LogP contribution in [0.5, 0.6) is 0 Å². The molecule has 0 bridgehead atoms. The fraction of sp³-hybridized carbons (Fsp3) is 0.667. The Hall–Kier alpha value is -0.436. The van der Waals surface area contributed by atoms with E-state index in [1.807, 2.05) is 19.6 Å². The summed E-state index contributed by atoms with van der Waals surface area (Å²) in [4.78, 5) is 20.3. The normalized spacial score (nSPS) is 14.2. The molecule has 6 heteroatoms. The van der Waals surface area contributed by atoms with Crippen molar-refractivity contribution in [1.82, 2.24) is 0 Å². The third kappa shape index (κ3) is 7.49. The summed E-state index contributed by atoms with van der Waals surface area (Å²) < 4.78 is 10.6. The Kier molecular flexibility index (Phi) is 6.03. The minimum Gasteiger partial charge on any atom is -0.460 e. The molecule has 0 fully saturated rings. The maximum atomic E-state index is 11.1. The standard InChI is InChI=1S/C9H20O4Si2/c1-7(2)9(10)12-6-8(14-11)13-15(3,4)5/h8,11H,1,6,14H2,2-5H3. The molecule has 0 saturated heterocycles. The summed E-state index contributed by atoms with van der Waals surface area (Å²) in [6.07, 6.45) is 0. The van der Waals surface area contributed by atoms with E-state index < -0.39 is 24.0 Å². The zero-order chi connectivity index (χ0) is 12.1. The van der Waals surface area contributed by atoms with Crippen molar-refractivity contribution >= 4 is 24.0 Å². The van der Waals surface area contributed by atoms with Gasteiger partial charge in [-0.3, -0.25) is 0 Å². The second kappa shape index (κ2) is 6.21.